The van der Waals surface area contributed by atoms with E-state index in [1.807, 2.05) is 6.92 Å². The number of anilines is 1. The number of carboxylic acids is 1. The number of aromatic nitrogens is 2. The molecular weight excluding hydrogens is 394 g/mol. The van der Waals surface area contributed by atoms with Crippen LogP contribution in [-0.2, 0) is 4.79 Å². The Bertz CT molecular complexity index is 1040. The van der Waals surface area contributed by atoms with Crippen LogP contribution < -0.4 is 5.32 Å². The van der Waals surface area contributed by atoms with Crippen LogP contribution in [0.15, 0.2) is 18.5 Å². The molecule has 2 amide bonds. The largest absolute Gasteiger partial charge is 0.479 e. The van der Waals surface area contributed by atoms with Gasteiger partial charge >= 0.3 is 12.0 Å². The molecule has 0 aliphatic carbocycles. The minimum absolute atomic E-state index is 0.0930. The molecule has 3 unspecified atom stereocenters. The van der Waals surface area contributed by atoms with E-state index >= 15 is 0 Å². The first kappa shape index (κ1) is 20.2. The predicted molar refractivity (Wildman–Crippen MR) is 105 cm³/mol. The van der Waals surface area contributed by atoms with Crippen molar-refractivity contribution in [1.29, 1.82) is 0 Å². The number of carboxylic acid groups (broad SMARTS) is 1. The zero-order valence-electron chi connectivity index (χ0n) is 16.9. The second-order valence-corrected chi connectivity index (χ2v) is 8.30. The molecular formula is C21H22F2N4O3. The van der Waals surface area contributed by atoms with Gasteiger partial charge in [-0.2, -0.15) is 0 Å². The maximum atomic E-state index is 14.9. The maximum absolute atomic E-state index is 14.9. The van der Waals surface area contributed by atoms with Crippen LogP contribution in [0.4, 0.5) is 19.3 Å². The zero-order chi connectivity index (χ0) is 21.8. The number of nitrogens with zero attached hydrogens (tertiary/aromatic N) is 3. The van der Waals surface area contributed by atoms with E-state index in [9.17, 15) is 23.5 Å². The second-order valence-electron chi connectivity index (χ2n) is 8.30. The molecule has 2 N–H and O–H groups in total. The molecule has 3 atom stereocenters. The minimum Gasteiger partial charge on any atom is -0.479 e. The van der Waals surface area contributed by atoms with Crippen LogP contribution in [-0.4, -0.2) is 43.6 Å². The molecule has 2 aliphatic rings. The number of hydrogen-bond donors (Lipinski definition) is 2. The van der Waals surface area contributed by atoms with Crippen LogP contribution in [0.5, 0.6) is 0 Å². The molecule has 0 radical (unpaired) electrons. The SMILES string of the molecule is Cc1c(-c2ncc(F)cn2)cc(NC(=O)N2C3CC(C)CC2(C(=O)O)C3)c(F)c1C. The van der Waals surface area contributed by atoms with E-state index in [2.05, 4.69) is 15.3 Å². The third-order valence-corrected chi connectivity index (χ3v) is 6.30. The van der Waals surface area contributed by atoms with Crippen molar-refractivity contribution < 1.29 is 23.5 Å². The number of carbonyl (C=O) groups excluding carboxylic acids is 1. The van der Waals surface area contributed by atoms with Gasteiger partial charge in [0.15, 0.2) is 11.6 Å². The van der Waals surface area contributed by atoms with E-state index in [-0.39, 0.29) is 23.5 Å². The third-order valence-electron chi connectivity index (χ3n) is 6.30. The van der Waals surface area contributed by atoms with Gasteiger partial charge in [0.25, 0.3) is 0 Å². The Morgan fingerprint density at radius 3 is 2.50 bits per heavy atom. The van der Waals surface area contributed by atoms with Crippen molar-refractivity contribution in [2.45, 2.75) is 51.6 Å². The van der Waals surface area contributed by atoms with E-state index in [4.69, 9.17) is 0 Å². The van der Waals surface area contributed by atoms with Crippen molar-refractivity contribution >= 4 is 17.7 Å². The highest BCUT2D eigenvalue weighted by Gasteiger charge is 2.63. The van der Waals surface area contributed by atoms with Crippen molar-refractivity contribution in [3.05, 3.63) is 41.2 Å². The average molecular weight is 416 g/mol. The van der Waals surface area contributed by atoms with Crippen LogP contribution >= 0.6 is 0 Å². The summed E-state index contributed by atoms with van der Waals surface area (Å²) < 4.78 is 28.1. The monoisotopic (exact) mass is 416 g/mol. The lowest BCUT2D eigenvalue weighted by Gasteiger charge is -2.60. The number of hydrogen-bond acceptors (Lipinski definition) is 4. The Morgan fingerprint density at radius 2 is 1.87 bits per heavy atom. The highest BCUT2D eigenvalue weighted by molar-refractivity contribution is 5.96. The molecule has 158 valence electrons. The lowest BCUT2D eigenvalue weighted by atomic mass is 9.64. The van der Waals surface area contributed by atoms with E-state index in [0.717, 1.165) is 12.4 Å². The quantitative estimate of drug-likeness (QED) is 0.791. The number of urea groups is 1. The summed E-state index contributed by atoms with van der Waals surface area (Å²) in [4.78, 5) is 34.1. The summed E-state index contributed by atoms with van der Waals surface area (Å²) in [5.41, 5.74) is -0.0278. The van der Waals surface area contributed by atoms with Gasteiger partial charge in [-0.05, 0) is 49.8 Å². The molecule has 0 spiro atoms. The number of carbonyl (C=O) groups is 2. The van der Waals surface area contributed by atoms with Gasteiger partial charge in [-0.1, -0.05) is 6.92 Å². The van der Waals surface area contributed by atoms with Gasteiger partial charge in [0.2, 0.25) is 0 Å². The number of benzene rings is 1. The molecule has 2 aromatic rings. The molecule has 7 nitrogen and oxygen atoms in total. The van der Waals surface area contributed by atoms with Crippen LogP contribution in [0.1, 0.15) is 37.3 Å². The van der Waals surface area contributed by atoms with Crippen LogP contribution in [0.2, 0.25) is 0 Å². The van der Waals surface area contributed by atoms with E-state index in [1.54, 1.807) is 13.8 Å². The molecule has 9 heteroatoms. The number of rotatable bonds is 3. The van der Waals surface area contributed by atoms with Crippen molar-refractivity contribution in [3.8, 4) is 11.4 Å². The van der Waals surface area contributed by atoms with E-state index in [0.29, 0.717) is 36.0 Å². The Hall–Kier alpha value is -3.10. The number of piperidine rings is 1. The van der Waals surface area contributed by atoms with Gasteiger partial charge in [0.1, 0.15) is 11.4 Å². The highest BCUT2D eigenvalue weighted by atomic mass is 19.1. The second kappa shape index (κ2) is 7.00. The van der Waals surface area contributed by atoms with Crippen molar-refractivity contribution in [1.82, 2.24) is 14.9 Å². The maximum Gasteiger partial charge on any atom is 0.329 e. The number of aliphatic carboxylic acids is 1. The molecule has 4 rings (SSSR count). The minimum atomic E-state index is -1.24. The topological polar surface area (TPSA) is 95.4 Å². The predicted octanol–water partition coefficient (Wildman–Crippen LogP) is 3.90. The number of nitrogens with one attached hydrogen (secondary N) is 1. The summed E-state index contributed by atoms with van der Waals surface area (Å²) >= 11 is 0. The van der Waals surface area contributed by atoms with Crippen molar-refractivity contribution in [2.75, 3.05) is 5.32 Å². The summed E-state index contributed by atoms with van der Waals surface area (Å²) in [6, 6.07) is 0.571. The Labute approximate surface area is 172 Å². The van der Waals surface area contributed by atoms with Crippen LogP contribution in [0, 0.1) is 31.4 Å². The zero-order valence-corrected chi connectivity index (χ0v) is 16.9. The van der Waals surface area contributed by atoms with E-state index < -0.39 is 29.2 Å². The molecule has 2 aliphatic heterocycles. The molecule has 2 bridgehead atoms. The summed E-state index contributed by atoms with van der Waals surface area (Å²) in [6.07, 6.45) is 3.52. The van der Waals surface area contributed by atoms with Gasteiger partial charge in [0, 0.05) is 18.0 Å². The fraction of sp³-hybridized carbons (Fsp3) is 0.429. The van der Waals surface area contributed by atoms with Gasteiger partial charge in [-0.25, -0.2) is 28.3 Å². The average Bonchev–Trinajstić information content (AvgIpc) is 2.68. The summed E-state index contributed by atoms with van der Waals surface area (Å²) in [7, 11) is 0. The number of fused-ring (bicyclic) bond motifs is 2. The van der Waals surface area contributed by atoms with Gasteiger partial charge in [-0.15, -0.1) is 0 Å². The lowest BCUT2D eigenvalue weighted by Crippen LogP contribution is -2.75. The molecule has 0 saturated carbocycles. The first-order chi connectivity index (χ1) is 14.1. The third kappa shape index (κ3) is 3.00. The van der Waals surface area contributed by atoms with Crippen molar-refractivity contribution in [2.24, 2.45) is 5.92 Å². The number of halogens is 2. The molecule has 1 aromatic carbocycles. The van der Waals surface area contributed by atoms with Crippen molar-refractivity contribution in [3.63, 3.8) is 0 Å². The first-order valence-electron chi connectivity index (χ1n) is 9.75. The Kier molecular flexibility index (Phi) is 4.71. The number of amides is 2. The summed E-state index contributed by atoms with van der Waals surface area (Å²) in [6.45, 7) is 5.22. The van der Waals surface area contributed by atoms with Crippen LogP contribution in [0.3, 0.4) is 0 Å². The lowest BCUT2D eigenvalue weighted by molar-refractivity contribution is -0.173. The molecule has 1 aromatic heterocycles. The van der Waals surface area contributed by atoms with Gasteiger partial charge in [0.05, 0.1) is 18.1 Å². The highest BCUT2D eigenvalue weighted by Crippen LogP contribution is 2.50. The Morgan fingerprint density at radius 1 is 1.20 bits per heavy atom. The smallest absolute Gasteiger partial charge is 0.329 e. The molecule has 2 fully saturated rings. The fourth-order valence-corrected chi connectivity index (χ4v) is 4.78. The standard InChI is InChI=1S/C21H22F2N4O3/c1-10-4-14-7-21(6-10,19(28)29)27(14)20(30)26-16-5-15(11(2)12(3)17(16)23)18-24-8-13(22)9-25-18/h5,8-10,14H,4,6-7H2,1-3H3,(H,26,30)(H,28,29). The van der Waals surface area contributed by atoms with Gasteiger partial charge in [-0.3, -0.25) is 0 Å². The normalized spacial score (nSPS) is 24.9. The Balaban J connectivity index is 1.67. The fourth-order valence-electron chi connectivity index (χ4n) is 4.78. The van der Waals surface area contributed by atoms with Gasteiger partial charge < -0.3 is 15.3 Å². The van der Waals surface area contributed by atoms with E-state index in [1.165, 1.54) is 11.0 Å². The molecule has 2 saturated heterocycles. The first-order valence-corrected chi connectivity index (χ1v) is 9.75. The van der Waals surface area contributed by atoms with Crippen LogP contribution in [0.25, 0.3) is 11.4 Å². The summed E-state index contributed by atoms with van der Waals surface area (Å²) in [5.74, 6) is -1.86. The molecule has 3 heterocycles. The summed E-state index contributed by atoms with van der Waals surface area (Å²) in [5, 5.41) is 12.3. The molecule has 30 heavy (non-hydrogen) atoms.